The van der Waals surface area contributed by atoms with E-state index in [2.05, 4.69) is 14.8 Å². The highest BCUT2D eigenvalue weighted by Crippen LogP contribution is 2.14. The van der Waals surface area contributed by atoms with Gasteiger partial charge in [-0.2, -0.15) is 0 Å². The van der Waals surface area contributed by atoms with Crippen LogP contribution in [0.1, 0.15) is 16.8 Å². The van der Waals surface area contributed by atoms with E-state index >= 15 is 0 Å². The van der Waals surface area contributed by atoms with Gasteiger partial charge in [0.15, 0.2) is 0 Å². The van der Waals surface area contributed by atoms with Crippen LogP contribution in [0.3, 0.4) is 0 Å². The lowest BCUT2D eigenvalue weighted by atomic mass is 10.2. The third kappa shape index (κ3) is 4.26. The Morgan fingerprint density at radius 1 is 1.19 bits per heavy atom. The number of phenols is 1. The van der Waals surface area contributed by atoms with E-state index in [4.69, 9.17) is 10.2 Å². The number of benzene rings is 1. The summed E-state index contributed by atoms with van der Waals surface area (Å²) < 4.78 is 0. The first kappa shape index (κ1) is 12.4. The Hall–Kier alpha value is -1.63. The Morgan fingerprint density at radius 3 is 2.12 bits per heavy atom. The van der Waals surface area contributed by atoms with Crippen molar-refractivity contribution in [3.8, 4) is 5.75 Å². The molecule has 2 N–H and O–H groups in total. The van der Waals surface area contributed by atoms with E-state index in [1.54, 1.807) is 12.1 Å². The zero-order valence-electron chi connectivity index (χ0n) is 8.46. The van der Waals surface area contributed by atoms with Gasteiger partial charge in [0.25, 0.3) is 0 Å². The van der Waals surface area contributed by atoms with Crippen LogP contribution in [-0.2, 0) is 14.8 Å². The van der Waals surface area contributed by atoms with Crippen molar-refractivity contribution in [1.82, 2.24) is 0 Å². The van der Waals surface area contributed by atoms with Crippen molar-refractivity contribution < 1.29 is 29.8 Å². The van der Waals surface area contributed by atoms with Crippen LogP contribution in [-0.4, -0.2) is 29.4 Å². The Bertz CT molecular complexity index is 322. The van der Waals surface area contributed by atoms with Gasteiger partial charge in [-0.15, -0.1) is 0 Å². The minimum absolute atomic E-state index is 0.0671. The molecule has 0 bridgehead atoms. The Balaban J connectivity index is 0.000000181. The number of hydrogen-bond donors (Lipinski definition) is 2. The SMILES string of the molecule is C1COOOC1.O=C(O)c1ccccc1O. The summed E-state index contributed by atoms with van der Waals surface area (Å²) in [5.74, 6) is -1.31. The maximum atomic E-state index is 10.3. The quantitative estimate of drug-likeness (QED) is 0.706. The topological polar surface area (TPSA) is 85.2 Å². The molecule has 1 heterocycles. The monoisotopic (exact) mass is 228 g/mol. The number of carbonyl (C=O) groups is 1. The Kier molecular flexibility index (Phi) is 5.27. The second kappa shape index (κ2) is 6.78. The first-order valence-electron chi connectivity index (χ1n) is 4.64. The van der Waals surface area contributed by atoms with E-state index in [1.165, 1.54) is 12.1 Å². The fourth-order valence-corrected chi connectivity index (χ4v) is 0.933. The third-order valence-corrected chi connectivity index (χ3v) is 1.69. The van der Waals surface area contributed by atoms with Gasteiger partial charge in [-0.25, -0.2) is 14.6 Å². The van der Waals surface area contributed by atoms with Gasteiger partial charge < -0.3 is 10.2 Å². The lowest BCUT2D eigenvalue weighted by Crippen LogP contribution is -2.08. The van der Waals surface area contributed by atoms with E-state index < -0.39 is 5.97 Å². The number of carboxylic acid groups (broad SMARTS) is 1. The fourth-order valence-electron chi connectivity index (χ4n) is 0.933. The molecule has 0 amide bonds. The van der Waals surface area contributed by atoms with Crippen LogP contribution in [0, 0.1) is 0 Å². The molecular formula is C10H12O6. The molecule has 0 saturated carbocycles. The average Bonchev–Trinajstić information content (AvgIpc) is 2.32. The second-order valence-electron chi connectivity index (χ2n) is 2.89. The highest BCUT2D eigenvalue weighted by molar-refractivity contribution is 5.90. The van der Waals surface area contributed by atoms with Crippen molar-refractivity contribution in [2.24, 2.45) is 0 Å². The largest absolute Gasteiger partial charge is 0.507 e. The fraction of sp³-hybridized carbons (Fsp3) is 0.300. The summed E-state index contributed by atoms with van der Waals surface area (Å²) in [4.78, 5) is 19.0. The predicted octanol–water partition coefficient (Wildman–Crippen LogP) is 1.36. The van der Waals surface area contributed by atoms with Gasteiger partial charge in [0.1, 0.15) is 11.3 Å². The highest BCUT2D eigenvalue weighted by Gasteiger charge is 2.05. The lowest BCUT2D eigenvalue weighted by molar-refractivity contribution is -0.532. The molecule has 1 fully saturated rings. The van der Waals surface area contributed by atoms with Crippen LogP contribution in [0.25, 0.3) is 0 Å². The second-order valence-corrected chi connectivity index (χ2v) is 2.89. The van der Waals surface area contributed by atoms with Gasteiger partial charge in [-0.1, -0.05) is 17.2 Å². The van der Waals surface area contributed by atoms with Crippen LogP contribution in [0.5, 0.6) is 5.75 Å². The summed E-state index contributed by atoms with van der Waals surface area (Å²) in [6.45, 7) is 1.31. The van der Waals surface area contributed by atoms with Gasteiger partial charge in [-0.3, -0.25) is 0 Å². The summed E-state index contributed by atoms with van der Waals surface area (Å²) in [6.07, 6.45) is 0.931. The van der Waals surface area contributed by atoms with Crippen LogP contribution in [0.4, 0.5) is 0 Å². The molecule has 2 rings (SSSR count). The zero-order chi connectivity index (χ0) is 11.8. The number of hydrogen-bond acceptors (Lipinski definition) is 5. The van der Waals surface area contributed by atoms with E-state index in [9.17, 15) is 4.79 Å². The number of para-hydroxylation sites is 1. The molecule has 6 heteroatoms. The third-order valence-electron chi connectivity index (χ3n) is 1.69. The molecule has 6 nitrogen and oxygen atoms in total. The van der Waals surface area contributed by atoms with Crippen molar-refractivity contribution in [2.75, 3.05) is 13.2 Å². The Labute approximate surface area is 91.8 Å². The van der Waals surface area contributed by atoms with Crippen LogP contribution in [0.2, 0.25) is 0 Å². The molecule has 88 valence electrons. The smallest absolute Gasteiger partial charge is 0.339 e. The molecule has 0 aromatic heterocycles. The number of rotatable bonds is 1. The van der Waals surface area contributed by atoms with E-state index in [0.29, 0.717) is 13.2 Å². The number of carboxylic acids is 1. The van der Waals surface area contributed by atoms with Crippen LogP contribution >= 0.6 is 0 Å². The van der Waals surface area contributed by atoms with Crippen molar-refractivity contribution in [2.45, 2.75) is 6.42 Å². The zero-order valence-corrected chi connectivity index (χ0v) is 8.46. The van der Waals surface area contributed by atoms with Crippen LogP contribution < -0.4 is 0 Å². The molecule has 1 aromatic carbocycles. The van der Waals surface area contributed by atoms with Crippen molar-refractivity contribution in [3.63, 3.8) is 0 Å². The van der Waals surface area contributed by atoms with E-state index in [1.807, 2.05) is 0 Å². The summed E-state index contributed by atoms with van der Waals surface area (Å²) in [5, 5.41) is 21.4. The molecule has 0 atom stereocenters. The molecule has 16 heavy (non-hydrogen) atoms. The molecule has 1 aliphatic rings. The maximum absolute atomic E-state index is 10.3. The normalized spacial score (nSPS) is 14.8. The molecule has 0 radical (unpaired) electrons. The van der Waals surface area contributed by atoms with E-state index in [-0.39, 0.29) is 11.3 Å². The summed E-state index contributed by atoms with van der Waals surface area (Å²) in [7, 11) is 0. The Morgan fingerprint density at radius 2 is 1.81 bits per heavy atom. The van der Waals surface area contributed by atoms with Gasteiger partial charge in [0, 0.05) is 6.42 Å². The van der Waals surface area contributed by atoms with Crippen molar-refractivity contribution >= 4 is 5.97 Å². The van der Waals surface area contributed by atoms with Crippen molar-refractivity contribution in [1.29, 1.82) is 0 Å². The summed E-state index contributed by atoms with van der Waals surface area (Å²) >= 11 is 0. The van der Waals surface area contributed by atoms with Gasteiger partial charge in [0.2, 0.25) is 0 Å². The van der Waals surface area contributed by atoms with Gasteiger partial charge >= 0.3 is 5.97 Å². The van der Waals surface area contributed by atoms with Crippen LogP contribution in [0.15, 0.2) is 24.3 Å². The molecule has 0 aliphatic carbocycles. The highest BCUT2D eigenvalue weighted by atomic mass is 17.5. The molecule has 0 unspecified atom stereocenters. The van der Waals surface area contributed by atoms with Gasteiger partial charge in [0.05, 0.1) is 13.2 Å². The molecule has 1 aliphatic heterocycles. The first-order valence-corrected chi connectivity index (χ1v) is 4.64. The maximum Gasteiger partial charge on any atom is 0.339 e. The first-order chi connectivity index (χ1) is 7.72. The molecular weight excluding hydrogens is 216 g/mol. The summed E-state index contributed by atoms with van der Waals surface area (Å²) in [5.41, 5.74) is -0.0671. The minimum atomic E-state index is -1.11. The lowest BCUT2D eigenvalue weighted by Gasteiger charge is -2.06. The average molecular weight is 228 g/mol. The van der Waals surface area contributed by atoms with E-state index in [0.717, 1.165) is 6.42 Å². The minimum Gasteiger partial charge on any atom is -0.507 e. The standard InChI is InChI=1S/C7H6O3.C3H6O3/c8-6-4-2-1-3-5(6)7(9)10;1-2-4-6-5-3-1/h1-4,8H,(H,9,10);1-3H2. The summed E-state index contributed by atoms with van der Waals surface area (Å²) in [6, 6.07) is 5.81. The molecule has 1 aromatic rings. The molecule has 1 saturated heterocycles. The molecule has 0 spiro atoms. The number of aromatic carboxylic acids is 1. The number of aromatic hydroxyl groups is 1. The van der Waals surface area contributed by atoms with Crippen molar-refractivity contribution in [3.05, 3.63) is 29.8 Å². The predicted molar refractivity (Wildman–Crippen MR) is 52.7 cm³/mol. The van der Waals surface area contributed by atoms with Gasteiger partial charge in [-0.05, 0) is 12.1 Å².